The summed E-state index contributed by atoms with van der Waals surface area (Å²) in [6.07, 6.45) is -0.807. The number of amides is 3. The molecule has 0 fully saturated rings. The molecule has 0 bridgehead atoms. The molecule has 1 atom stereocenters. The SMILES string of the molecule is O=C(CCNC(=O)NCC(O)c1ccccc1)NO. The van der Waals surface area contributed by atoms with Crippen molar-refractivity contribution in [3.63, 3.8) is 0 Å². The second-order valence-electron chi connectivity index (χ2n) is 3.85. The lowest BCUT2D eigenvalue weighted by atomic mass is 10.1. The average Bonchev–Trinajstić information content (AvgIpc) is 2.45. The number of benzene rings is 1. The minimum Gasteiger partial charge on any atom is -0.387 e. The van der Waals surface area contributed by atoms with Gasteiger partial charge in [-0.15, -0.1) is 0 Å². The molecule has 0 aliphatic carbocycles. The summed E-state index contributed by atoms with van der Waals surface area (Å²) in [5.74, 6) is -0.579. The highest BCUT2D eigenvalue weighted by molar-refractivity contribution is 5.77. The molecule has 0 spiro atoms. The quantitative estimate of drug-likeness (QED) is 0.366. The summed E-state index contributed by atoms with van der Waals surface area (Å²) in [5.41, 5.74) is 2.17. The molecule has 1 aromatic rings. The van der Waals surface area contributed by atoms with E-state index in [0.29, 0.717) is 5.56 Å². The fourth-order valence-corrected chi connectivity index (χ4v) is 1.39. The van der Waals surface area contributed by atoms with Gasteiger partial charge in [-0.3, -0.25) is 10.0 Å². The predicted octanol–water partition coefficient (Wildman–Crippen LogP) is -0.0853. The van der Waals surface area contributed by atoms with Gasteiger partial charge >= 0.3 is 6.03 Å². The summed E-state index contributed by atoms with van der Waals surface area (Å²) >= 11 is 0. The van der Waals surface area contributed by atoms with Crippen molar-refractivity contribution in [2.75, 3.05) is 13.1 Å². The lowest BCUT2D eigenvalue weighted by molar-refractivity contribution is -0.129. The third-order valence-electron chi connectivity index (χ3n) is 2.40. The molecule has 1 aromatic carbocycles. The van der Waals surface area contributed by atoms with Gasteiger partial charge in [0.05, 0.1) is 6.10 Å². The molecule has 7 nitrogen and oxygen atoms in total. The van der Waals surface area contributed by atoms with Crippen LogP contribution >= 0.6 is 0 Å². The Kier molecular flexibility index (Phi) is 6.34. The molecule has 19 heavy (non-hydrogen) atoms. The van der Waals surface area contributed by atoms with E-state index in [0.717, 1.165) is 0 Å². The van der Waals surface area contributed by atoms with Gasteiger partial charge in [-0.1, -0.05) is 30.3 Å². The third kappa shape index (κ3) is 5.84. The number of hydrogen-bond donors (Lipinski definition) is 5. The Morgan fingerprint density at radius 1 is 1.16 bits per heavy atom. The highest BCUT2D eigenvalue weighted by atomic mass is 16.5. The first kappa shape index (κ1) is 14.9. The summed E-state index contributed by atoms with van der Waals surface area (Å²) in [4.78, 5) is 22.0. The van der Waals surface area contributed by atoms with Crippen LogP contribution in [0.4, 0.5) is 4.79 Å². The number of aliphatic hydroxyl groups excluding tert-OH is 1. The van der Waals surface area contributed by atoms with Gasteiger partial charge in [0.2, 0.25) is 5.91 Å². The Labute approximate surface area is 110 Å². The lowest BCUT2D eigenvalue weighted by Crippen LogP contribution is -2.39. The molecule has 1 rings (SSSR count). The summed E-state index contributed by atoms with van der Waals surface area (Å²) < 4.78 is 0. The minimum atomic E-state index is -0.785. The van der Waals surface area contributed by atoms with Gasteiger partial charge in [0.15, 0.2) is 0 Å². The second-order valence-corrected chi connectivity index (χ2v) is 3.85. The van der Waals surface area contributed by atoms with E-state index in [9.17, 15) is 14.7 Å². The normalized spacial score (nSPS) is 11.5. The monoisotopic (exact) mass is 267 g/mol. The van der Waals surface area contributed by atoms with Crippen molar-refractivity contribution in [2.45, 2.75) is 12.5 Å². The van der Waals surface area contributed by atoms with Crippen LogP contribution in [-0.2, 0) is 4.79 Å². The molecule has 0 saturated carbocycles. The maximum atomic E-state index is 11.3. The molecule has 0 aliphatic heterocycles. The van der Waals surface area contributed by atoms with Gasteiger partial charge in [0.25, 0.3) is 0 Å². The molecule has 0 radical (unpaired) electrons. The van der Waals surface area contributed by atoms with Gasteiger partial charge in [-0.05, 0) is 5.56 Å². The van der Waals surface area contributed by atoms with Crippen molar-refractivity contribution in [1.29, 1.82) is 0 Å². The Morgan fingerprint density at radius 2 is 1.84 bits per heavy atom. The van der Waals surface area contributed by atoms with E-state index in [1.165, 1.54) is 5.48 Å². The first-order valence-electron chi connectivity index (χ1n) is 5.81. The van der Waals surface area contributed by atoms with Gasteiger partial charge in [0.1, 0.15) is 0 Å². The average molecular weight is 267 g/mol. The van der Waals surface area contributed by atoms with E-state index in [-0.39, 0.29) is 19.5 Å². The van der Waals surface area contributed by atoms with E-state index in [1.54, 1.807) is 24.3 Å². The van der Waals surface area contributed by atoms with Crippen LogP contribution in [0.3, 0.4) is 0 Å². The first-order chi connectivity index (χ1) is 9.13. The van der Waals surface area contributed by atoms with Crippen LogP contribution < -0.4 is 16.1 Å². The van der Waals surface area contributed by atoms with Crippen molar-refractivity contribution in [1.82, 2.24) is 16.1 Å². The fraction of sp³-hybridized carbons (Fsp3) is 0.333. The third-order valence-corrected chi connectivity index (χ3v) is 2.40. The molecule has 5 N–H and O–H groups in total. The van der Waals surface area contributed by atoms with Crippen molar-refractivity contribution >= 4 is 11.9 Å². The maximum Gasteiger partial charge on any atom is 0.314 e. The Bertz CT molecular complexity index is 411. The number of nitrogens with one attached hydrogen (secondary N) is 3. The molecule has 7 heteroatoms. The number of hydroxylamine groups is 1. The standard InChI is InChI=1S/C12H17N3O4/c16-10(9-4-2-1-3-5-9)8-14-12(18)13-7-6-11(17)15-19/h1-5,10,16,19H,6-8H2,(H,15,17)(H2,13,14,18). The maximum absolute atomic E-state index is 11.3. The summed E-state index contributed by atoms with van der Waals surface area (Å²) in [7, 11) is 0. The van der Waals surface area contributed by atoms with Gasteiger partial charge in [0, 0.05) is 19.5 Å². The number of aliphatic hydroxyl groups is 1. The smallest absolute Gasteiger partial charge is 0.314 e. The van der Waals surface area contributed by atoms with E-state index in [1.807, 2.05) is 6.07 Å². The zero-order valence-corrected chi connectivity index (χ0v) is 10.3. The predicted molar refractivity (Wildman–Crippen MR) is 67.3 cm³/mol. The lowest BCUT2D eigenvalue weighted by Gasteiger charge is -2.12. The number of hydrogen-bond acceptors (Lipinski definition) is 4. The molecule has 104 valence electrons. The number of urea groups is 1. The van der Waals surface area contributed by atoms with E-state index < -0.39 is 18.0 Å². The molecule has 0 saturated heterocycles. The largest absolute Gasteiger partial charge is 0.387 e. The Hall–Kier alpha value is -2.12. The molecular formula is C12H17N3O4. The number of carbonyl (C=O) groups is 2. The van der Waals surface area contributed by atoms with Crippen LogP contribution in [0, 0.1) is 0 Å². The molecule has 1 unspecified atom stereocenters. The fourth-order valence-electron chi connectivity index (χ4n) is 1.39. The summed E-state index contributed by atoms with van der Waals surface area (Å²) in [5, 5.41) is 22.9. The summed E-state index contributed by atoms with van der Waals surface area (Å²) in [6, 6.07) is 8.47. The van der Waals surface area contributed by atoms with E-state index in [2.05, 4.69) is 10.6 Å². The van der Waals surface area contributed by atoms with E-state index in [4.69, 9.17) is 5.21 Å². The zero-order chi connectivity index (χ0) is 14.1. The van der Waals surface area contributed by atoms with Crippen LogP contribution in [0.2, 0.25) is 0 Å². The van der Waals surface area contributed by atoms with Crippen molar-refractivity contribution in [3.05, 3.63) is 35.9 Å². The summed E-state index contributed by atoms with van der Waals surface area (Å²) in [6.45, 7) is 0.168. The topological polar surface area (TPSA) is 111 Å². The van der Waals surface area contributed by atoms with Gasteiger partial charge < -0.3 is 15.7 Å². The van der Waals surface area contributed by atoms with Crippen LogP contribution in [0.25, 0.3) is 0 Å². The first-order valence-corrected chi connectivity index (χ1v) is 5.81. The molecule has 0 aromatic heterocycles. The number of rotatable bonds is 6. The van der Waals surface area contributed by atoms with Crippen LogP contribution in [0.5, 0.6) is 0 Å². The molecule has 0 aliphatic rings. The van der Waals surface area contributed by atoms with Crippen LogP contribution in [0.1, 0.15) is 18.1 Å². The highest BCUT2D eigenvalue weighted by Crippen LogP contribution is 2.10. The van der Waals surface area contributed by atoms with Gasteiger partial charge in [-0.25, -0.2) is 10.3 Å². The van der Waals surface area contributed by atoms with Crippen molar-refractivity contribution in [2.24, 2.45) is 0 Å². The number of carbonyl (C=O) groups excluding carboxylic acids is 2. The van der Waals surface area contributed by atoms with Crippen molar-refractivity contribution < 1.29 is 19.9 Å². The van der Waals surface area contributed by atoms with E-state index >= 15 is 0 Å². The van der Waals surface area contributed by atoms with Crippen molar-refractivity contribution in [3.8, 4) is 0 Å². The Morgan fingerprint density at radius 3 is 2.47 bits per heavy atom. The molecular weight excluding hydrogens is 250 g/mol. The Balaban J connectivity index is 2.21. The molecule has 0 heterocycles. The van der Waals surface area contributed by atoms with Crippen LogP contribution in [-0.4, -0.2) is 35.3 Å². The second kappa shape index (κ2) is 8.06. The highest BCUT2D eigenvalue weighted by Gasteiger charge is 2.08. The zero-order valence-electron chi connectivity index (χ0n) is 10.3. The molecule has 3 amide bonds. The van der Waals surface area contributed by atoms with Crippen LogP contribution in [0.15, 0.2) is 30.3 Å². The minimum absolute atomic E-state index is 0.0227. The van der Waals surface area contributed by atoms with Gasteiger partial charge in [-0.2, -0.15) is 0 Å².